The molecule has 0 aliphatic carbocycles. The smallest absolute Gasteiger partial charge is 0.275 e. The Labute approximate surface area is 111 Å². The molecule has 0 saturated carbocycles. The average Bonchev–Trinajstić information content (AvgIpc) is 2.86. The molecule has 1 fully saturated rings. The molecule has 100 valence electrons. The first-order chi connectivity index (χ1) is 8.74. The third-order valence-electron chi connectivity index (χ3n) is 3.27. The maximum Gasteiger partial charge on any atom is 0.275 e. The van der Waals surface area contributed by atoms with E-state index in [2.05, 4.69) is 10.3 Å². The summed E-state index contributed by atoms with van der Waals surface area (Å²) >= 11 is 1.43. The maximum atomic E-state index is 11.6. The number of carbonyl (C=O) groups is 1. The highest BCUT2D eigenvalue weighted by atomic mass is 32.1. The number of nitrogens with zero attached hydrogens (tertiary/aromatic N) is 1. The van der Waals surface area contributed by atoms with Crippen molar-refractivity contribution in [1.82, 2.24) is 10.3 Å². The molecule has 0 aromatic carbocycles. The van der Waals surface area contributed by atoms with Crippen LogP contribution in [-0.2, 0) is 11.3 Å². The number of methoxy groups -OCH3 is 1. The number of thiophene rings is 1. The van der Waals surface area contributed by atoms with Crippen molar-refractivity contribution in [3.8, 4) is 0 Å². The van der Waals surface area contributed by atoms with E-state index in [-0.39, 0.29) is 5.91 Å². The van der Waals surface area contributed by atoms with E-state index in [0.717, 1.165) is 38.0 Å². The predicted molar refractivity (Wildman–Crippen MR) is 71.3 cm³/mol. The lowest BCUT2D eigenvalue weighted by molar-refractivity contribution is 0.0285. The van der Waals surface area contributed by atoms with E-state index >= 15 is 0 Å². The van der Waals surface area contributed by atoms with E-state index in [0.29, 0.717) is 11.0 Å². The molecule has 5 nitrogen and oxygen atoms in total. The molecule has 1 unspecified atom stereocenters. The number of piperidine rings is 1. The zero-order valence-corrected chi connectivity index (χ0v) is 11.3. The fourth-order valence-corrected chi connectivity index (χ4v) is 3.13. The summed E-state index contributed by atoms with van der Waals surface area (Å²) in [6.07, 6.45) is 2.57. The van der Waals surface area contributed by atoms with Crippen LogP contribution < -0.4 is 11.3 Å². The number of carbonyl (C=O) groups excluding carboxylic acids is 1. The Bertz CT molecular complexity index is 408. The normalized spacial score (nSPS) is 20.9. The standard InChI is InChI=1S/C12H19N3O2S/c1-17-10-3-2-5-15(8-10)7-9-4-6-18-11(9)12(16)14-13/h4,6,10H,2-3,5,7-8,13H2,1H3,(H,14,16). The second-order valence-corrected chi connectivity index (χ2v) is 5.40. The monoisotopic (exact) mass is 269 g/mol. The second-order valence-electron chi connectivity index (χ2n) is 4.48. The molecule has 1 aromatic rings. The zero-order valence-electron chi connectivity index (χ0n) is 10.5. The molecule has 1 aliphatic rings. The van der Waals surface area contributed by atoms with Crippen LogP contribution in [0.3, 0.4) is 0 Å². The highest BCUT2D eigenvalue weighted by Crippen LogP contribution is 2.21. The number of hydrogen-bond donors (Lipinski definition) is 2. The molecular weight excluding hydrogens is 250 g/mol. The van der Waals surface area contributed by atoms with Gasteiger partial charge in [0.05, 0.1) is 11.0 Å². The summed E-state index contributed by atoms with van der Waals surface area (Å²) < 4.78 is 5.40. The number of nitrogens with two attached hydrogens (primary N) is 1. The Morgan fingerprint density at radius 2 is 2.56 bits per heavy atom. The van der Waals surface area contributed by atoms with Crippen molar-refractivity contribution in [2.75, 3.05) is 20.2 Å². The van der Waals surface area contributed by atoms with Gasteiger partial charge in [0.2, 0.25) is 0 Å². The Morgan fingerprint density at radius 1 is 1.72 bits per heavy atom. The van der Waals surface area contributed by atoms with Crippen molar-refractivity contribution in [2.45, 2.75) is 25.5 Å². The topological polar surface area (TPSA) is 67.6 Å². The molecule has 1 aliphatic heterocycles. The van der Waals surface area contributed by atoms with Gasteiger partial charge in [-0.25, -0.2) is 5.84 Å². The van der Waals surface area contributed by atoms with Gasteiger partial charge in [0.25, 0.3) is 5.91 Å². The van der Waals surface area contributed by atoms with Gasteiger partial charge < -0.3 is 4.74 Å². The van der Waals surface area contributed by atoms with Gasteiger partial charge in [-0.05, 0) is 36.4 Å². The molecule has 1 atom stereocenters. The van der Waals surface area contributed by atoms with Gasteiger partial charge >= 0.3 is 0 Å². The lowest BCUT2D eigenvalue weighted by atomic mass is 10.1. The summed E-state index contributed by atoms with van der Waals surface area (Å²) in [5, 5.41) is 1.93. The van der Waals surface area contributed by atoms with Crippen LogP contribution in [0.4, 0.5) is 0 Å². The van der Waals surface area contributed by atoms with Crippen molar-refractivity contribution in [3.63, 3.8) is 0 Å². The molecule has 3 N–H and O–H groups in total. The first kappa shape index (κ1) is 13.5. The van der Waals surface area contributed by atoms with Crippen molar-refractivity contribution >= 4 is 17.2 Å². The van der Waals surface area contributed by atoms with Crippen LogP contribution in [0.2, 0.25) is 0 Å². The van der Waals surface area contributed by atoms with E-state index in [9.17, 15) is 4.79 Å². The van der Waals surface area contributed by atoms with E-state index in [1.807, 2.05) is 11.4 Å². The number of ether oxygens (including phenoxy) is 1. The molecule has 0 radical (unpaired) electrons. The van der Waals surface area contributed by atoms with E-state index < -0.39 is 0 Å². The number of nitrogen functional groups attached to an aromatic ring is 1. The Balaban J connectivity index is 2.00. The average molecular weight is 269 g/mol. The molecule has 1 amide bonds. The molecule has 2 heterocycles. The molecule has 1 saturated heterocycles. The van der Waals surface area contributed by atoms with Crippen molar-refractivity contribution in [1.29, 1.82) is 0 Å². The van der Waals surface area contributed by atoms with Crippen molar-refractivity contribution < 1.29 is 9.53 Å². The van der Waals surface area contributed by atoms with Crippen LogP contribution in [-0.4, -0.2) is 37.1 Å². The molecule has 2 rings (SSSR count). The fraction of sp³-hybridized carbons (Fsp3) is 0.583. The number of rotatable bonds is 4. The number of hydrazine groups is 1. The van der Waals surface area contributed by atoms with Crippen LogP contribution >= 0.6 is 11.3 Å². The summed E-state index contributed by atoms with van der Waals surface area (Å²) in [5.74, 6) is 4.97. The summed E-state index contributed by atoms with van der Waals surface area (Å²) in [4.78, 5) is 14.6. The second kappa shape index (κ2) is 6.29. The summed E-state index contributed by atoms with van der Waals surface area (Å²) in [6.45, 7) is 2.77. The third-order valence-corrected chi connectivity index (χ3v) is 4.23. The minimum absolute atomic E-state index is 0.208. The molecule has 6 heteroatoms. The van der Waals surface area contributed by atoms with Crippen LogP contribution in [0.25, 0.3) is 0 Å². The Hall–Kier alpha value is -0.950. The van der Waals surface area contributed by atoms with Crippen molar-refractivity contribution in [3.05, 3.63) is 21.9 Å². The summed E-state index contributed by atoms with van der Waals surface area (Å²) in [7, 11) is 1.76. The van der Waals surface area contributed by atoms with E-state index in [1.165, 1.54) is 11.3 Å². The largest absolute Gasteiger partial charge is 0.380 e. The first-order valence-corrected chi connectivity index (χ1v) is 6.95. The van der Waals surface area contributed by atoms with E-state index in [1.54, 1.807) is 7.11 Å². The summed E-state index contributed by atoms with van der Waals surface area (Å²) in [5.41, 5.74) is 3.23. The highest BCUT2D eigenvalue weighted by Gasteiger charge is 2.21. The molecule has 18 heavy (non-hydrogen) atoms. The van der Waals surface area contributed by atoms with Crippen LogP contribution in [0.15, 0.2) is 11.4 Å². The van der Waals surface area contributed by atoms with Gasteiger partial charge in [-0.15, -0.1) is 11.3 Å². The van der Waals surface area contributed by atoms with Crippen LogP contribution in [0.5, 0.6) is 0 Å². The van der Waals surface area contributed by atoms with Crippen LogP contribution in [0.1, 0.15) is 28.1 Å². The van der Waals surface area contributed by atoms with Gasteiger partial charge in [-0.3, -0.25) is 15.1 Å². The number of hydrogen-bond acceptors (Lipinski definition) is 5. The summed E-state index contributed by atoms with van der Waals surface area (Å²) in [6, 6.07) is 1.99. The Morgan fingerprint density at radius 3 is 3.28 bits per heavy atom. The minimum atomic E-state index is -0.208. The van der Waals surface area contributed by atoms with Gasteiger partial charge in [0.15, 0.2) is 0 Å². The third kappa shape index (κ3) is 3.08. The van der Waals surface area contributed by atoms with E-state index in [4.69, 9.17) is 10.6 Å². The van der Waals surface area contributed by atoms with Crippen LogP contribution in [0, 0.1) is 0 Å². The quantitative estimate of drug-likeness (QED) is 0.485. The highest BCUT2D eigenvalue weighted by molar-refractivity contribution is 7.12. The zero-order chi connectivity index (χ0) is 13.0. The number of amides is 1. The van der Waals surface area contributed by atoms with Crippen molar-refractivity contribution in [2.24, 2.45) is 5.84 Å². The lowest BCUT2D eigenvalue weighted by Gasteiger charge is -2.31. The fourth-order valence-electron chi connectivity index (χ4n) is 2.31. The van der Waals surface area contributed by atoms with Gasteiger partial charge in [0.1, 0.15) is 0 Å². The molecule has 0 bridgehead atoms. The lowest BCUT2D eigenvalue weighted by Crippen LogP contribution is -2.39. The van der Waals surface area contributed by atoms with Gasteiger partial charge in [-0.2, -0.15) is 0 Å². The Kier molecular flexibility index (Phi) is 4.71. The molecular formula is C12H19N3O2S. The van der Waals surface area contributed by atoms with Gasteiger partial charge in [-0.1, -0.05) is 0 Å². The maximum absolute atomic E-state index is 11.6. The number of nitrogens with one attached hydrogen (secondary N) is 1. The van der Waals surface area contributed by atoms with Gasteiger partial charge in [0, 0.05) is 20.2 Å². The first-order valence-electron chi connectivity index (χ1n) is 6.07. The SMILES string of the molecule is COC1CCCN(Cc2ccsc2C(=O)NN)C1. The molecule has 1 aromatic heterocycles. The minimum Gasteiger partial charge on any atom is -0.380 e. The predicted octanol–water partition coefficient (Wildman–Crippen LogP) is 0.962. The molecule has 0 spiro atoms. The number of likely N-dealkylation sites (tertiary alicyclic amines) is 1.